The topological polar surface area (TPSA) is 90.3 Å². The van der Waals surface area contributed by atoms with E-state index in [9.17, 15) is 13.2 Å². The van der Waals surface area contributed by atoms with E-state index in [1.807, 2.05) is 0 Å². The molecule has 0 radical (unpaired) electrons. The van der Waals surface area contributed by atoms with Gasteiger partial charge in [-0.3, -0.25) is 9.10 Å². The summed E-state index contributed by atoms with van der Waals surface area (Å²) in [5, 5.41) is 11.5. The number of benzene rings is 2. The van der Waals surface area contributed by atoms with E-state index in [0.29, 0.717) is 36.3 Å². The number of nitrogens with zero attached hydrogens (tertiary/aromatic N) is 2. The van der Waals surface area contributed by atoms with Gasteiger partial charge in [-0.2, -0.15) is 5.26 Å². The standard InChI is InChI=1S/C19H19N3O3S/c20-12-11-15-3-7-17(8-4-15)21-19(23)16-5-9-18(10-6-16)22-13-1-2-14-26(22,24)25/h3-10H,1-2,11,13-14H2,(H,21,23). The van der Waals surface area contributed by atoms with Crippen molar-refractivity contribution in [1.29, 1.82) is 5.26 Å². The first-order valence-corrected chi connectivity index (χ1v) is 9.98. The number of sulfonamides is 1. The fourth-order valence-corrected chi connectivity index (χ4v) is 4.50. The van der Waals surface area contributed by atoms with E-state index < -0.39 is 10.0 Å². The van der Waals surface area contributed by atoms with Gasteiger partial charge in [-0.15, -0.1) is 0 Å². The van der Waals surface area contributed by atoms with Crippen molar-refractivity contribution >= 4 is 27.3 Å². The summed E-state index contributed by atoms with van der Waals surface area (Å²) >= 11 is 0. The number of carbonyl (C=O) groups excluding carboxylic acids is 1. The van der Waals surface area contributed by atoms with Crippen molar-refractivity contribution in [2.45, 2.75) is 19.3 Å². The van der Waals surface area contributed by atoms with Gasteiger partial charge in [-0.25, -0.2) is 8.42 Å². The summed E-state index contributed by atoms with van der Waals surface area (Å²) in [5.41, 5.74) is 2.56. The molecule has 7 heteroatoms. The Morgan fingerprint density at radius 3 is 2.38 bits per heavy atom. The van der Waals surface area contributed by atoms with E-state index in [2.05, 4.69) is 11.4 Å². The Bertz CT molecular complexity index is 929. The van der Waals surface area contributed by atoms with E-state index in [0.717, 1.165) is 12.0 Å². The second kappa shape index (κ2) is 7.58. The van der Waals surface area contributed by atoms with Crippen LogP contribution in [-0.2, 0) is 16.4 Å². The van der Waals surface area contributed by atoms with E-state index in [1.165, 1.54) is 4.31 Å². The molecule has 0 atom stereocenters. The lowest BCUT2D eigenvalue weighted by Crippen LogP contribution is -2.37. The third-order valence-corrected chi connectivity index (χ3v) is 6.13. The van der Waals surface area contributed by atoms with Gasteiger partial charge in [0.1, 0.15) is 0 Å². The molecule has 134 valence electrons. The van der Waals surface area contributed by atoms with Crippen LogP contribution in [0.5, 0.6) is 0 Å². The molecule has 1 aliphatic rings. The molecule has 0 saturated carbocycles. The van der Waals surface area contributed by atoms with Crippen LogP contribution in [0.15, 0.2) is 48.5 Å². The molecule has 1 heterocycles. The van der Waals surface area contributed by atoms with Crippen molar-refractivity contribution in [2.24, 2.45) is 0 Å². The smallest absolute Gasteiger partial charge is 0.255 e. The predicted molar refractivity (Wildman–Crippen MR) is 101 cm³/mol. The molecule has 3 rings (SSSR count). The van der Waals surface area contributed by atoms with Crippen LogP contribution < -0.4 is 9.62 Å². The van der Waals surface area contributed by atoms with Crippen molar-refractivity contribution in [2.75, 3.05) is 21.9 Å². The molecule has 0 unspecified atom stereocenters. The molecule has 2 aromatic rings. The highest BCUT2D eigenvalue weighted by Crippen LogP contribution is 2.24. The SMILES string of the molecule is N#CCc1ccc(NC(=O)c2ccc(N3CCCCS3(=O)=O)cc2)cc1. The summed E-state index contributed by atoms with van der Waals surface area (Å²) in [5.74, 6) is -0.108. The molecule has 6 nitrogen and oxygen atoms in total. The first-order chi connectivity index (χ1) is 12.5. The van der Waals surface area contributed by atoms with Crippen LogP contribution in [0.4, 0.5) is 11.4 Å². The van der Waals surface area contributed by atoms with E-state index in [1.54, 1.807) is 48.5 Å². The molecule has 1 N–H and O–H groups in total. The molecular formula is C19H19N3O3S. The largest absolute Gasteiger partial charge is 0.322 e. The number of rotatable bonds is 4. The highest BCUT2D eigenvalue weighted by molar-refractivity contribution is 7.92. The minimum Gasteiger partial charge on any atom is -0.322 e. The zero-order valence-corrected chi connectivity index (χ0v) is 15.0. The van der Waals surface area contributed by atoms with Crippen molar-refractivity contribution in [3.8, 4) is 6.07 Å². The van der Waals surface area contributed by atoms with Crippen molar-refractivity contribution in [1.82, 2.24) is 0 Å². The molecule has 1 amide bonds. The number of carbonyl (C=O) groups is 1. The van der Waals surface area contributed by atoms with Crippen LogP contribution in [-0.4, -0.2) is 26.6 Å². The Balaban J connectivity index is 1.70. The fourth-order valence-electron chi connectivity index (χ4n) is 2.86. The van der Waals surface area contributed by atoms with Gasteiger partial charge in [-0.1, -0.05) is 12.1 Å². The maximum Gasteiger partial charge on any atom is 0.255 e. The zero-order chi connectivity index (χ0) is 18.6. The lowest BCUT2D eigenvalue weighted by atomic mass is 10.1. The second-order valence-electron chi connectivity index (χ2n) is 6.13. The number of hydrogen-bond acceptors (Lipinski definition) is 4. The highest BCUT2D eigenvalue weighted by Gasteiger charge is 2.25. The minimum atomic E-state index is -3.26. The van der Waals surface area contributed by atoms with E-state index in [4.69, 9.17) is 5.26 Å². The quantitative estimate of drug-likeness (QED) is 0.897. The molecule has 2 aromatic carbocycles. The predicted octanol–water partition coefficient (Wildman–Crippen LogP) is 2.93. The summed E-state index contributed by atoms with van der Waals surface area (Å²) in [6, 6.07) is 15.7. The van der Waals surface area contributed by atoms with Gasteiger partial charge in [0.25, 0.3) is 5.91 Å². The summed E-state index contributed by atoms with van der Waals surface area (Å²) in [7, 11) is -3.26. The van der Waals surface area contributed by atoms with Crippen LogP contribution in [0.1, 0.15) is 28.8 Å². The summed E-state index contributed by atoms with van der Waals surface area (Å²) in [4.78, 5) is 12.3. The first kappa shape index (κ1) is 18.0. The Kier molecular flexibility index (Phi) is 5.24. The normalized spacial score (nSPS) is 15.9. The van der Waals surface area contributed by atoms with Gasteiger partial charge in [0.15, 0.2) is 0 Å². The molecule has 1 aliphatic heterocycles. The molecule has 0 spiro atoms. The first-order valence-electron chi connectivity index (χ1n) is 8.37. The average molecular weight is 369 g/mol. The van der Waals surface area contributed by atoms with Crippen molar-refractivity contribution < 1.29 is 13.2 Å². The Labute approximate surface area is 153 Å². The number of hydrogen-bond donors (Lipinski definition) is 1. The van der Waals surface area contributed by atoms with E-state index in [-0.39, 0.29) is 11.7 Å². The third-order valence-electron chi connectivity index (χ3n) is 4.26. The Morgan fingerprint density at radius 2 is 1.77 bits per heavy atom. The second-order valence-corrected chi connectivity index (χ2v) is 8.14. The lowest BCUT2D eigenvalue weighted by Gasteiger charge is -2.28. The molecular weight excluding hydrogens is 350 g/mol. The van der Waals surface area contributed by atoms with E-state index >= 15 is 0 Å². The third kappa shape index (κ3) is 4.03. The van der Waals surface area contributed by atoms with Gasteiger partial charge in [0.2, 0.25) is 10.0 Å². The van der Waals surface area contributed by atoms with Gasteiger partial charge in [0, 0.05) is 17.8 Å². The van der Waals surface area contributed by atoms with Gasteiger partial charge < -0.3 is 5.32 Å². The maximum atomic E-state index is 12.3. The fraction of sp³-hybridized carbons (Fsp3) is 0.263. The summed E-state index contributed by atoms with van der Waals surface area (Å²) in [6.07, 6.45) is 1.85. The van der Waals surface area contributed by atoms with Crippen LogP contribution in [0, 0.1) is 11.3 Å². The molecule has 0 bridgehead atoms. The highest BCUT2D eigenvalue weighted by atomic mass is 32.2. The molecule has 1 fully saturated rings. The van der Waals surface area contributed by atoms with Crippen molar-refractivity contribution in [3.05, 3.63) is 59.7 Å². The van der Waals surface area contributed by atoms with Crippen LogP contribution in [0.3, 0.4) is 0 Å². The molecule has 0 aliphatic carbocycles. The van der Waals surface area contributed by atoms with Crippen LogP contribution in [0.25, 0.3) is 0 Å². The number of anilines is 2. The molecule has 26 heavy (non-hydrogen) atoms. The van der Waals surface area contributed by atoms with Gasteiger partial charge in [0.05, 0.1) is 23.9 Å². The van der Waals surface area contributed by atoms with Gasteiger partial charge >= 0.3 is 0 Å². The Morgan fingerprint density at radius 1 is 1.08 bits per heavy atom. The van der Waals surface area contributed by atoms with Gasteiger partial charge in [-0.05, 0) is 54.8 Å². The summed E-state index contributed by atoms with van der Waals surface area (Å²) < 4.78 is 25.7. The lowest BCUT2D eigenvalue weighted by molar-refractivity contribution is 0.102. The number of amides is 1. The average Bonchev–Trinajstić information content (AvgIpc) is 2.63. The summed E-state index contributed by atoms with van der Waals surface area (Å²) in [6.45, 7) is 0.475. The van der Waals surface area contributed by atoms with Crippen molar-refractivity contribution in [3.63, 3.8) is 0 Å². The Hall–Kier alpha value is -2.85. The zero-order valence-electron chi connectivity index (χ0n) is 14.2. The monoisotopic (exact) mass is 369 g/mol. The number of nitriles is 1. The minimum absolute atomic E-state index is 0.164. The maximum absolute atomic E-state index is 12.3. The van der Waals surface area contributed by atoms with Crippen LogP contribution in [0.2, 0.25) is 0 Å². The van der Waals surface area contributed by atoms with Crippen LogP contribution >= 0.6 is 0 Å². The molecule has 0 aromatic heterocycles. The molecule has 1 saturated heterocycles. The number of nitrogens with one attached hydrogen (secondary N) is 1.